The van der Waals surface area contributed by atoms with Gasteiger partial charge in [0.05, 0.1) is 0 Å². The van der Waals surface area contributed by atoms with E-state index in [1.807, 2.05) is 53.7 Å². The van der Waals surface area contributed by atoms with Crippen molar-refractivity contribution >= 4 is 17.1 Å². The minimum Gasteiger partial charge on any atom is -0.504 e. The molecule has 0 atom stereocenters. The molecule has 2 fully saturated rings. The van der Waals surface area contributed by atoms with Crippen molar-refractivity contribution in [2.75, 3.05) is 0 Å². The molecule has 1 aromatic rings. The first-order valence-corrected chi connectivity index (χ1v) is 11.6. The maximum atomic E-state index is 12.8. The van der Waals surface area contributed by atoms with Gasteiger partial charge in [-0.3, -0.25) is 9.59 Å². The van der Waals surface area contributed by atoms with E-state index in [1.165, 1.54) is 11.6 Å². The van der Waals surface area contributed by atoms with Gasteiger partial charge in [0.2, 0.25) is 11.6 Å². The molecule has 0 radical (unpaired) electrons. The van der Waals surface area contributed by atoms with Crippen molar-refractivity contribution in [2.45, 2.75) is 72.6 Å². The molecule has 2 bridgehead atoms. The van der Waals surface area contributed by atoms with Crippen molar-refractivity contribution in [3.63, 3.8) is 0 Å². The number of hydrogen-bond donors (Lipinski definition) is 2. The first-order chi connectivity index (χ1) is 14.8. The van der Waals surface area contributed by atoms with Crippen molar-refractivity contribution in [1.29, 1.82) is 0 Å². The molecule has 0 aromatic heterocycles. The number of carbonyl (C=O) groups is 2. The highest BCUT2D eigenvalue weighted by molar-refractivity contribution is 6.49. The van der Waals surface area contributed by atoms with Crippen LogP contribution in [0.5, 0.6) is 11.5 Å². The Balaban J connectivity index is 2.01. The zero-order valence-electron chi connectivity index (χ0n) is 20.0. The van der Waals surface area contributed by atoms with E-state index in [1.54, 1.807) is 6.07 Å². The van der Waals surface area contributed by atoms with Gasteiger partial charge in [-0.1, -0.05) is 47.1 Å². The van der Waals surface area contributed by atoms with Gasteiger partial charge < -0.3 is 10.2 Å². The average molecular weight is 435 g/mol. The molecule has 3 aliphatic rings. The molecule has 3 aliphatic carbocycles. The fourth-order valence-electron chi connectivity index (χ4n) is 5.60. The van der Waals surface area contributed by atoms with E-state index in [9.17, 15) is 19.8 Å². The van der Waals surface area contributed by atoms with Crippen LogP contribution in [0.4, 0.5) is 0 Å². The highest BCUT2D eigenvalue weighted by Gasteiger charge is 2.41. The molecule has 1 aromatic carbocycles. The Morgan fingerprint density at radius 3 is 1.91 bits per heavy atom. The van der Waals surface area contributed by atoms with Gasteiger partial charge in [-0.15, -0.1) is 0 Å². The minimum atomic E-state index is -0.491. The highest BCUT2D eigenvalue weighted by Crippen LogP contribution is 2.54. The van der Waals surface area contributed by atoms with Gasteiger partial charge in [-0.2, -0.15) is 0 Å². The molecular formula is C28H34O4. The van der Waals surface area contributed by atoms with Crippen LogP contribution in [-0.2, 0) is 15.0 Å². The summed E-state index contributed by atoms with van der Waals surface area (Å²) in [6, 6.07) is 3.55. The number of fused-ring (bicyclic) bond motifs is 2. The van der Waals surface area contributed by atoms with Gasteiger partial charge in [-0.05, 0) is 89.3 Å². The second-order valence-corrected chi connectivity index (χ2v) is 11.6. The SMILES string of the molecule is CC(C)(C)C1=CC(C(=C2C3CCC2CC3)c2cc(O)c(O)c(C(C)(C)C)c2)=CC(=O)C1=O. The molecular weight excluding hydrogens is 400 g/mol. The minimum absolute atomic E-state index is 0.102. The summed E-state index contributed by atoms with van der Waals surface area (Å²) in [7, 11) is 0. The Kier molecular flexibility index (Phi) is 5.27. The van der Waals surface area contributed by atoms with E-state index in [0.29, 0.717) is 23.0 Å². The van der Waals surface area contributed by atoms with Crippen LogP contribution in [0.1, 0.15) is 78.4 Å². The van der Waals surface area contributed by atoms with E-state index < -0.39 is 17.0 Å². The molecule has 2 N–H and O–H groups in total. The van der Waals surface area contributed by atoms with Crippen molar-refractivity contribution < 1.29 is 19.8 Å². The molecule has 4 rings (SSSR count). The first-order valence-electron chi connectivity index (χ1n) is 11.6. The third-order valence-electron chi connectivity index (χ3n) is 7.23. The van der Waals surface area contributed by atoms with E-state index in [2.05, 4.69) is 0 Å². The summed E-state index contributed by atoms with van der Waals surface area (Å²) in [5, 5.41) is 21.2. The van der Waals surface area contributed by atoms with Gasteiger partial charge in [0.1, 0.15) is 0 Å². The van der Waals surface area contributed by atoms with E-state index in [0.717, 1.165) is 42.4 Å². The molecule has 0 amide bonds. The highest BCUT2D eigenvalue weighted by atomic mass is 16.3. The molecule has 32 heavy (non-hydrogen) atoms. The summed E-state index contributed by atoms with van der Waals surface area (Å²) in [5.74, 6) is -0.267. The van der Waals surface area contributed by atoms with Gasteiger partial charge >= 0.3 is 0 Å². The topological polar surface area (TPSA) is 74.6 Å². The number of benzene rings is 1. The van der Waals surface area contributed by atoms with E-state index >= 15 is 0 Å². The second kappa shape index (κ2) is 7.47. The molecule has 4 heteroatoms. The van der Waals surface area contributed by atoms with Crippen molar-refractivity contribution in [1.82, 2.24) is 0 Å². The molecule has 4 nitrogen and oxygen atoms in total. The number of allylic oxidation sites excluding steroid dienone is 6. The summed E-state index contributed by atoms with van der Waals surface area (Å²) in [4.78, 5) is 25.4. The number of hydrogen-bond acceptors (Lipinski definition) is 4. The standard InChI is InChI=1S/C28H34O4/c1-27(2,3)19-11-17(13-21(29)25(19)31)24(23-15-7-8-16(23)10-9-15)18-12-20(28(4,5)6)26(32)22(30)14-18/h11-16,29,31H,7-10H2,1-6H3. The van der Waals surface area contributed by atoms with Crippen LogP contribution < -0.4 is 0 Å². The van der Waals surface area contributed by atoms with Gasteiger partial charge in [0.15, 0.2) is 11.5 Å². The molecule has 0 saturated heterocycles. The Bertz CT molecular complexity index is 1080. The summed E-state index contributed by atoms with van der Waals surface area (Å²) < 4.78 is 0. The maximum absolute atomic E-state index is 12.8. The Hall–Kier alpha value is -2.62. The van der Waals surface area contributed by atoms with Crippen LogP contribution in [0.25, 0.3) is 5.57 Å². The van der Waals surface area contributed by atoms with Crippen LogP contribution in [-0.4, -0.2) is 21.8 Å². The summed E-state index contributed by atoms with van der Waals surface area (Å²) in [6.07, 6.45) is 7.89. The normalized spacial score (nSPS) is 23.5. The van der Waals surface area contributed by atoms with Crippen LogP contribution in [0.3, 0.4) is 0 Å². The monoisotopic (exact) mass is 434 g/mol. The zero-order valence-corrected chi connectivity index (χ0v) is 20.0. The average Bonchev–Trinajstić information content (AvgIpc) is 3.25. The lowest BCUT2D eigenvalue weighted by Gasteiger charge is -2.27. The number of phenolic OH excluding ortho intramolecular Hbond substituents is 2. The smallest absolute Gasteiger partial charge is 0.229 e. The molecule has 2 saturated carbocycles. The Morgan fingerprint density at radius 2 is 1.41 bits per heavy atom. The lowest BCUT2D eigenvalue weighted by molar-refractivity contribution is -0.132. The molecule has 0 heterocycles. The lowest BCUT2D eigenvalue weighted by Crippen LogP contribution is -2.27. The van der Waals surface area contributed by atoms with Gasteiger partial charge in [0.25, 0.3) is 0 Å². The zero-order chi connectivity index (χ0) is 23.6. The third kappa shape index (κ3) is 3.74. The number of rotatable bonds is 2. The molecule has 0 aliphatic heterocycles. The Labute approximate surface area is 190 Å². The van der Waals surface area contributed by atoms with Gasteiger partial charge in [0, 0.05) is 11.1 Å². The van der Waals surface area contributed by atoms with E-state index in [-0.39, 0.29) is 16.9 Å². The number of aromatic hydroxyl groups is 2. The quantitative estimate of drug-likeness (QED) is 0.339. The fourth-order valence-corrected chi connectivity index (χ4v) is 5.60. The van der Waals surface area contributed by atoms with Crippen molar-refractivity contribution in [3.8, 4) is 11.5 Å². The maximum Gasteiger partial charge on any atom is 0.229 e. The Morgan fingerprint density at radius 1 is 0.844 bits per heavy atom. The largest absolute Gasteiger partial charge is 0.504 e. The molecule has 0 unspecified atom stereocenters. The first kappa shape index (κ1) is 22.6. The molecule has 0 spiro atoms. The molecule has 170 valence electrons. The predicted molar refractivity (Wildman–Crippen MR) is 126 cm³/mol. The predicted octanol–water partition coefficient (Wildman–Crippen LogP) is 6.02. The number of Topliss-reactive ketones (excluding diaryl/α,β-unsaturated/α-hetero) is 1. The van der Waals surface area contributed by atoms with Crippen LogP contribution >= 0.6 is 0 Å². The number of carbonyl (C=O) groups excluding carboxylic acids is 2. The summed E-state index contributed by atoms with van der Waals surface area (Å²) in [6.45, 7) is 11.8. The summed E-state index contributed by atoms with van der Waals surface area (Å²) in [5.41, 5.74) is 4.20. The third-order valence-corrected chi connectivity index (χ3v) is 7.23. The van der Waals surface area contributed by atoms with Crippen LogP contribution in [0.15, 0.2) is 41.0 Å². The summed E-state index contributed by atoms with van der Waals surface area (Å²) >= 11 is 0. The lowest BCUT2D eigenvalue weighted by atomic mass is 9.76. The number of phenols is 2. The fraction of sp³-hybridized carbons (Fsp3) is 0.500. The van der Waals surface area contributed by atoms with Crippen molar-refractivity contribution in [3.05, 3.63) is 52.1 Å². The number of ketones is 2. The van der Waals surface area contributed by atoms with E-state index in [4.69, 9.17) is 0 Å². The van der Waals surface area contributed by atoms with Crippen LogP contribution in [0.2, 0.25) is 0 Å². The van der Waals surface area contributed by atoms with Gasteiger partial charge in [-0.25, -0.2) is 0 Å². The van der Waals surface area contributed by atoms with Crippen LogP contribution in [0, 0.1) is 17.3 Å². The second-order valence-electron chi connectivity index (χ2n) is 11.6. The van der Waals surface area contributed by atoms with Crippen molar-refractivity contribution in [2.24, 2.45) is 17.3 Å².